The van der Waals surface area contributed by atoms with Crippen molar-refractivity contribution in [3.8, 4) is 0 Å². The Morgan fingerprint density at radius 2 is 0.862 bits per heavy atom. The van der Waals surface area contributed by atoms with Crippen molar-refractivity contribution in [3.63, 3.8) is 0 Å². The average Bonchev–Trinajstić information content (AvgIpc) is 2.71. The molecule has 0 bridgehead atoms. The van der Waals surface area contributed by atoms with Gasteiger partial charge in [-0.15, -0.1) is 0 Å². The number of hydrogen-bond donors (Lipinski definition) is 0. The van der Waals surface area contributed by atoms with Gasteiger partial charge < -0.3 is 33.2 Å². The van der Waals surface area contributed by atoms with E-state index < -0.39 is 0 Å². The highest BCUT2D eigenvalue weighted by atomic mass is 32.2. The van der Waals surface area contributed by atoms with Crippen molar-refractivity contribution >= 4 is 16.9 Å². The summed E-state index contributed by atoms with van der Waals surface area (Å²) in [5.74, 6) is 0.807. The third-order valence-corrected chi connectivity index (χ3v) is 4.22. The molecule has 9 heteroatoms. The third kappa shape index (κ3) is 27.7. The zero-order chi connectivity index (χ0) is 21.3. The van der Waals surface area contributed by atoms with Crippen LogP contribution < -0.4 is 0 Å². The minimum Gasteiger partial charge on any atom is -0.379 e. The lowest BCUT2D eigenvalue weighted by Gasteiger charge is -2.08. The largest absolute Gasteiger partial charge is 0.379 e. The van der Waals surface area contributed by atoms with Gasteiger partial charge in [0.15, 0.2) is 5.12 Å². The van der Waals surface area contributed by atoms with E-state index in [1.807, 2.05) is 0 Å². The first-order valence-corrected chi connectivity index (χ1v) is 11.4. The summed E-state index contributed by atoms with van der Waals surface area (Å²) < 4.78 is 37.7. The first-order valence-electron chi connectivity index (χ1n) is 10.4. The SMILES string of the molecule is CCCOCCOCCOCCOCCOCCOCCOCCCSC(C)=O. The van der Waals surface area contributed by atoms with E-state index in [1.54, 1.807) is 6.92 Å². The molecule has 0 aliphatic heterocycles. The summed E-state index contributed by atoms with van der Waals surface area (Å²) >= 11 is 1.33. The van der Waals surface area contributed by atoms with Gasteiger partial charge in [-0.1, -0.05) is 18.7 Å². The molecule has 0 aromatic rings. The van der Waals surface area contributed by atoms with Gasteiger partial charge in [0.1, 0.15) is 0 Å². The molecule has 8 nitrogen and oxygen atoms in total. The number of thioether (sulfide) groups is 1. The van der Waals surface area contributed by atoms with Crippen molar-refractivity contribution < 1.29 is 38.0 Å². The van der Waals surface area contributed by atoms with Crippen LogP contribution in [0.15, 0.2) is 0 Å². The van der Waals surface area contributed by atoms with E-state index >= 15 is 0 Å². The molecular weight excluding hydrogens is 400 g/mol. The normalized spacial score (nSPS) is 11.2. The number of hydrogen-bond acceptors (Lipinski definition) is 9. The van der Waals surface area contributed by atoms with Crippen LogP contribution in [0.2, 0.25) is 0 Å². The fourth-order valence-electron chi connectivity index (χ4n) is 1.94. The number of carbonyl (C=O) groups is 1. The van der Waals surface area contributed by atoms with Gasteiger partial charge in [0.05, 0.1) is 79.3 Å². The second-order valence-corrected chi connectivity index (χ2v) is 7.25. The standard InChI is InChI=1S/C20H40O8S/c1-3-5-22-7-9-24-11-13-26-15-17-28-18-16-27-14-12-25-10-8-23-6-4-19-29-20(2)21/h3-19H2,1-2H3. The van der Waals surface area contributed by atoms with Crippen LogP contribution >= 0.6 is 11.8 Å². The fourth-order valence-corrected chi connectivity index (χ4v) is 2.49. The van der Waals surface area contributed by atoms with E-state index in [-0.39, 0.29) is 5.12 Å². The second kappa shape index (κ2) is 25.8. The maximum Gasteiger partial charge on any atom is 0.185 e. The van der Waals surface area contributed by atoms with Crippen molar-refractivity contribution in [2.24, 2.45) is 0 Å². The van der Waals surface area contributed by atoms with Crippen LogP contribution in [-0.4, -0.2) is 103 Å². The van der Waals surface area contributed by atoms with Crippen molar-refractivity contribution in [2.45, 2.75) is 26.7 Å². The molecule has 0 aliphatic rings. The van der Waals surface area contributed by atoms with Crippen LogP contribution in [0.4, 0.5) is 0 Å². The van der Waals surface area contributed by atoms with Gasteiger partial charge in [0.2, 0.25) is 0 Å². The predicted octanol–water partition coefficient (Wildman–Crippen LogP) is 2.18. The van der Waals surface area contributed by atoms with Crippen molar-refractivity contribution in [2.75, 3.05) is 98.2 Å². The molecule has 0 aliphatic carbocycles. The Morgan fingerprint density at radius 1 is 0.552 bits per heavy atom. The van der Waals surface area contributed by atoms with Gasteiger partial charge >= 0.3 is 0 Å². The Morgan fingerprint density at radius 3 is 1.17 bits per heavy atom. The van der Waals surface area contributed by atoms with Crippen molar-refractivity contribution in [3.05, 3.63) is 0 Å². The van der Waals surface area contributed by atoms with E-state index in [2.05, 4.69) is 6.92 Å². The number of rotatable bonds is 24. The summed E-state index contributed by atoms with van der Waals surface area (Å²) in [4.78, 5) is 10.7. The van der Waals surface area contributed by atoms with E-state index in [0.29, 0.717) is 85.9 Å². The van der Waals surface area contributed by atoms with Crippen LogP contribution in [0.25, 0.3) is 0 Å². The summed E-state index contributed by atoms with van der Waals surface area (Å²) in [5.41, 5.74) is 0. The molecule has 0 radical (unpaired) electrons. The van der Waals surface area contributed by atoms with Gasteiger partial charge in [0, 0.05) is 25.9 Å². The molecule has 0 N–H and O–H groups in total. The third-order valence-electron chi connectivity index (χ3n) is 3.32. The minimum absolute atomic E-state index is 0.150. The highest BCUT2D eigenvalue weighted by Gasteiger charge is 1.96. The molecule has 0 aromatic heterocycles. The van der Waals surface area contributed by atoms with Crippen molar-refractivity contribution in [1.29, 1.82) is 0 Å². The Labute approximate surface area is 180 Å². The fraction of sp³-hybridized carbons (Fsp3) is 0.950. The molecule has 0 saturated heterocycles. The zero-order valence-corrected chi connectivity index (χ0v) is 19.0. The Kier molecular flexibility index (Phi) is 25.5. The van der Waals surface area contributed by atoms with E-state index in [4.69, 9.17) is 33.2 Å². The molecule has 0 aromatic carbocycles. The number of carbonyl (C=O) groups excluding carboxylic acids is 1. The lowest BCUT2D eigenvalue weighted by molar-refractivity contribution is -0.109. The molecule has 0 amide bonds. The quantitative estimate of drug-likeness (QED) is 0.210. The van der Waals surface area contributed by atoms with Crippen LogP contribution in [0.5, 0.6) is 0 Å². The Bertz CT molecular complexity index is 334. The van der Waals surface area contributed by atoms with E-state index in [0.717, 1.165) is 25.2 Å². The molecule has 0 heterocycles. The van der Waals surface area contributed by atoms with E-state index in [1.165, 1.54) is 11.8 Å². The lowest BCUT2D eigenvalue weighted by atomic mass is 10.5. The summed E-state index contributed by atoms with van der Waals surface area (Å²) in [6, 6.07) is 0. The van der Waals surface area contributed by atoms with Crippen LogP contribution in [0.1, 0.15) is 26.7 Å². The summed E-state index contributed by atoms with van der Waals surface area (Å²) in [6.45, 7) is 11.8. The first kappa shape index (κ1) is 28.7. The Hall–Kier alpha value is -0.260. The molecule has 0 rings (SSSR count). The van der Waals surface area contributed by atoms with Gasteiger partial charge in [0.25, 0.3) is 0 Å². The highest BCUT2D eigenvalue weighted by Crippen LogP contribution is 2.02. The van der Waals surface area contributed by atoms with Crippen molar-refractivity contribution in [1.82, 2.24) is 0 Å². The van der Waals surface area contributed by atoms with Crippen LogP contribution in [0.3, 0.4) is 0 Å². The molecule has 174 valence electrons. The molecule has 0 saturated carbocycles. The highest BCUT2D eigenvalue weighted by molar-refractivity contribution is 8.13. The lowest BCUT2D eigenvalue weighted by Crippen LogP contribution is -2.14. The molecular formula is C20H40O8S. The van der Waals surface area contributed by atoms with Gasteiger partial charge in [-0.2, -0.15) is 0 Å². The smallest absolute Gasteiger partial charge is 0.185 e. The average molecular weight is 441 g/mol. The van der Waals surface area contributed by atoms with Gasteiger partial charge in [-0.25, -0.2) is 0 Å². The monoisotopic (exact) mass is 440 g/mol. The van der Waals surface area contributed by atoms with E-state index in [9.17, 15) is 4.79 Å². The maximum atomic E-state index is 10.7. The summed E-state index contributed by atoms with van der Waals surface area (Å²) in [5, 5.41) is 0.150. The first-order chi connectivity index (χ1) is 14.3. The summed E-state index contributed by atoms with van der Waals surface area (Å²) in [7, 11) is 0. The predicted molar refractivity (Wildman–Crippen MR) is 114 cm³/mol. The van der Waals surface area contributed by atoms with Crippen LogP contribution in [-0.2, 0) is 38.0 Å². The Balaban J connectivity index is 2.99. The zero-order valence-electron chi connectivity index (χ0n) is 18.2. The maximum absolute atomic E-state index is 10.7. The number of ether oxygens (including phenoxy) is 7. The summed E-state index contributed by atoms with van der Waals surface area (Å²) in [6.07, 6.45) is 1.91. The molecule has 0 atom stereocenters. The molecule has 0 unspecified atom stereocenters. The van der Waals surface area contributed by atoms with Crippen LogP contribution in [0, 0.1) is 0 Å². The van der Waals surface area contributed by atoms with Gasteiger partial charge in [-0.3, -0.25) is 4.79 Å². The van der Waals surface area contributed by atoms with Gasteiger partial charge in [-0.05, 0) is 12.8 Å². The molecule has 29 heavy (non-hydrogen) atoms. The second-order valence-electron chi connectivity index (χ2n) is 5.98. The topological polar surface area (TPSA) is 81.7 Å². The minimum atomic E-state index is 0.150. The molecule has 0 spiro atoms. The molecule has 0 fully saturated rings.